The zero-order valence-corrected chi connectivity index (χ0v) is 11.6. The van der Waals surface area contributed by atoms with Crippen LogP contribution < -0.4 is 5.32 Å². The van der Waals surface area contributed by atoms with Gasteiger partial charge in [-0.25, -0.2) is 0 Å². The molecule has 1 heterocycles. The number of nitrogens with one attached hydrogen (secondary N) is 1. The van der Waals surface area contributed by atoms with Gasteiger partial charge < -0.3 is 10.2 Å². The van der Waals surface area contributed by atoms with Crippen molar-refractivity contribution < 1.29 is 0 Å². The molecule has 0 aliphatic carbocycles. The molecule has 2 nitrogen and oxygen atoms in total. The van der Waals surface area contributed by atoms with E-state index in [1.807, 2.05) is 0 Å². The van der Waals surface area contributed by atoms with Gasteiger partial charge in [0.2, 0.25) is 0 Å². The summed E-state index contributed by atoms with van der Waals surface area (Å²) in [5.74, 6) is 1.76. The SMILES string of the molecule is CCC(C)CN(CC)CC1CCNC(C)C1. The minimum Gasteiger partial charge on any atom is -0.314 e. The van der Waals surface area contributed by atoms with Crippen LogP contribution in [0.4, 0.5) is 0 Å². The van der Waals surface area contributed by atoms with Gasteiger partial charge in [-0.1, -0.05) is 27.2 Å². The van der Waals surface area contributed by atoms with Gasteiger partial charge in [-0.05, 0) is 44.7 Å². The first-order chi connectivity index (χ1) is 7.65. The minimum absolute atomic E-state index is 0.723. The molecule has 0 amide bonds. The Morgan fingerprint density at radius 3 is 2.69 bits per heavy atom. The lowest BCUT2D eigenvalue weighted by molar-refractivity contribution is 0.178. The van der Waals surface area contributed by atoms with Gasteiger partial charge in [0, 0.05) is 19.1 Å². The van der Waals surface area contributed by atoms with Gasteiger partial charge in [0.1, 0.15) is 0 Å². The van der Waals surface area contributed by atoms with Crippen molar-refractivity contribution in [3.8, 4) is 0 Å². The molecule has 0 aromatic heterocycles. The Labute approximate surface area is 102 Å². The van der Waals surface area contributed by atoms with Crippen molar-refractivity contribution >= 4 is 0 Å². The van der Waals surface area contributed by atoms with Crippen LogP contribution in [0.2, 0.25) is 0 Å². The van der Waals surface area contributed by atoms with Crippen LogP contribution in [0.3, 0.4) is 0 Å². The van der Waals surface area contributed by atoms with Crippen molar-refractivity contribution in [2.45, 2.75) is 53.0 Å². The lowest BCUT2D eigenvalue weighted by Crippen LogP contribution is -2.41. The first kappa shape index (κ1) is 14.0. The van der Waals surface area contributed by atoms with E-state index in [1.165, 1.54) is 45.4 Å². The largest absolute Gasteiger partial charge is 0.314 e. The van der Waals surface area contributed by atoms with Gasteiger partial charge in [-0.3, -0.25) is 0 Å². The van der Waals surface area contributed by atoms with Crippen molar-refractivity contribution in [1.82, 2.24) is 10.2 Å². The van der Waals surface area contributed by atoms with Crippen molar-refractivity contribution in [3.05, 3.63) is 0 Å². The molecule has 1 aliphatic heterocycles. The van der Waals surface area contributed by atoms with E-state index in [0.29, 0.717) is 0 Å². The van der Waals surface area contributed by atoms with Crippen LogP contribution in [0.25, 0.3) is 0 Å². The average Bonchev–Trinajstić information content (AvgIpc) is 2.28. The molecule has 1 aliphatic rings. The third-order valence-electron chi connectivity index (χ3n) is 3.96. The molecular weight excluding hydrogens is 196 g/mol. The predicted octanol–water partition coefficient (Wildman–Crippen LogP) is 2.74. The van der Waals surface area contributed by atoms with Crippen LogP contribution in [0, 0.1) is 11.8 Å². The van der Waals surface area contributed by atoms with Crippen molar-refractivity contribution in [2.24, 2.45) is 11.8 Å². The maximum absolute atomic E-state index is 3.54. The quantitative estimate of drug-likeness (QED) is 0.749. The zero-order valence-electron chi connectivity index (χ0n) is 11.6. The lowest BCUT2D eigenvalue weighted by Gasteiger charge is -2.33. The molecule has 0 aromatic carbocycles. The second-order valence-corrected chi connectivity index (χ2v) is 5.61. The van der Waals surface area contributed by atoms with E-state index in [4.69, 9.17) is 0 Å². The smallest absolute Gasteiger partial charge is 0.00418 e. The highest BCUT2D eigenvalue weighted by Crippen LogP contribution is 2.18. The Balaban J connectivity index is 2.31. The first-order valence-electron chi connectivity index (χ1n) is 7.11. The highest BCUT2D eigenvalue weighted by molar-refractivity contribution is 4.77. The van der Waals surface area contributed by atoms with Crippen molar-refractivity contribution in [3.63, 3.8) is 0 Å². The van der Waals surface area contributed by atoms with Gasteiger partial charge >= 0.3 is 0 Å². The van der Waals surface area contributed by atoms with Gasteiger partial charge in [0.05, 0.1) is 0 Å². The summed E-state index contributed by atoms with van der Waals surface area (Å²) in [4.78, 5) is 2.65. The third kappa shape index (κ3) is 4.84. The highest BCUT2D eigenvalue weighted by Gasteiger charge is 2.20. The lowest BCUT2D eigenvalue weighted by atomic mass is 9.92. The third-order valence-corrected chi connectivity index (χ3v) is 3.96. The van der Waals surface area contributed by atoms with E-state index in [9.17, 15) is 0 Å². The summed E-state index contributed by atoms with van der Waals surface area (Å²) in [5, 5.41) is 3.54. The molecule has 1 fully saturated rings. The second-order valence-electron chi connectivity index (χ2n) is 5.61. The molecule has 1 rings (SSSR count). The normalized spacial score (nSPS) is 28.3. The number of piperidine rings is 1. The summed E-state index contributed by atoms with van der Waals surface area (Å²) in [5.41, 5.74) is 0. The monoisotopic (exact) mass is 226 g/mol. The maximum atomic E-state index is 3.54. The van der Waals surface area contributed by atoms with Crippen molar-refractivity contribution in [2.75, 3.05) is 26.2 Å². The summed E-state index contributed by atoms with van der Waals surface area (Å²) in [6.07, 6.45) is 4.03. The van der Waals surface area contributed by atoms with E-state index in [-0.39, 0.29) is 0 Å². The van der Waals surface area contributed by atoms with Gasteiger partial charge in [-0.2, -0.15) is 0 Å². The standard InChI is InChI=1S/C14H30N2/c1-5-12(3)10-16(6-2)11-14-7-8-15-13(4)9-14/h12-15H,5-11H2,1-4H3. The van der Waals surface area contributed by atoms with Crippen LogP contribution >= 0.6 is 0 Å². The Morgan fingerprint density at radius 1 is 1.38 bits per heavy atom. The first-order valence-corrected chi connectivity index (χ1v) is 7.11. The Kier molecular flexibility index (Phi) is 6.37. The van der Waals surface area contributed by atoms with Crippen LogP contribution in [0.15, 0.2) is 0 Å². The molecule has 2 heteroatoms. The van der Waals surface area contributed by atoms with Crippen LogP contribution in [0.5, 0.6) is 0 Å². The molecule has 16 heavy (non-hydrogen) atoms. The molecule has 0 spiro atoms. The maximum Gasteiger partial charge on any atom is 0.00418 e. The predicted molar refractivity (Wildman–Crippen MR) is 71.8 cm³/mol. The van der Waals surface area contributed by atoms with Crippen molar-refractivity contribution in [1.29, 1.82) is 0 Å². The summed E-state index contributed by atoms with van der Waals surface area (Å²) in [7, 11) is 0. The van der Waals surface area contributed by atoms with E-state index < -0.39 is 0 Å². The topological polar surface area (TPSA) is 15.3 Å². The zero-order chi connectivity index (χ0) is 12.0. The number of rotatable bonds is 6. The molecule has 0 aromatic rings. The van der Waals surface area contributed by atoms with E-state index in [0.717, 1.165) is 17.9 Å². The molecule has 0 radical (unpaired) electrons. The average molecular weight is 226 g/mol. The molecule has 0 bridgehead atoms. The minimum atomic E-state index is 0.723. The van der Waals surface area contributed by atoms with Crippen LogP contribution in [0.1, 0.15) is 47.0 Å². The summed E-state index contributed by atoms with van der Waals surface area (Å²) >= 11 is 0. The molecule has 3 unspecified atom stereocenters. The van der Waals surface area contributed by atoms with Gasteiger partial charge in [0.25, 0.3) is 0 Å². The Hall–Kier alpha value is -0.0800. The fourth-order valence-corrected chi connectivity index (χ4v) is 2.67. The summed E-state index contributed by atoms with van der Waals surface area (Å²) in [6, 6.07) is 0.723. The van der Waals surface area contributed by atoms with E-state index in [2.05, 4.69) is 37.9 Å². The molecule has 96 valence electrons. The Morgan fingerprint density at radius 2 is 2.12 bits per heavy atom. The second kappa shape index (κ2) is 7.29. The fraction of sp³-hybridized carbons (Fsp3) is 1.00. The molecule has 0 saturated carbocycles. The number of nitrogens with zero attached hydrogens (tertiary/aromatic N) is 1. The van der Waals surface area contributed by atoms with Gasteiger partial charge in [-0.15, -0.1) is 0 Å². The van der Waals surface area contributed by atoms with Gasteiger partial charge in [0.15, 0.2) is 0 Å². The summed E-state index contributed by atoms with van der Waals surface area (Å²) < 4.78 is 0. The fourth-order valence-electron chi connectivity index (χ4n) is 2.67. The van der Waals surface area contributed by atoms with E-state index >= 15 is 0 Å². The molecule has 1 saturated heterocycles. The molecular formula is C14H30N2. The Bertz CT molecular complexity index is 182. The number of hydrogen-bond acceptors (Lipinski definition) is 2. The summed E-state index contributed by atoms with van der Waals surface area (Å²) in [6.45, 7) is 14.3. The molecule has 1 N–H and O–H groups in total. The molecule has 3 atom stereocenters. The van der Waals surface area contributed by atoms with Crippen LogP contribution in [-0.4, -0.2) is 37.1 Å². The number of hydrogen-bond donors (Lipinski definition) is 1. The van der Waals surface area contributed by atoms with E-state index in [1.54, 1.807) is 0 Å². The van der Waals surface area contributed by atoms with Crippen LogP contribution in [-0.2, 0) is 0 Å². The highest BCUT2D eigenvalue weighted by atomic mass is 15.1.